The van der Waals surface area contributed by atoms with E-state index in [1.54, 1.807) is 0 Å². The molecule has 0 heterocycles. The standard InChI is InChI=1S/C10H16/c1-4-6-7-8-9-10(3)5-2/h4-8H,9H2,1-3H3/b6-4-,8-7-,10-5-. The van der Waals surface area contributed by atoms with Gasteiger partial charge in [0.05, 0.1) is 0 Å². The van der Waals surface area contributed by atoms with Crippen LogP contribution in [0.4, 0.5) is 0 Å². The molecule has 10 heavy (non-hydrogen) atoms. The topological polar surface area (TPSA) is 0 Å². The lowest BCUT2D eigenvalue weighted by atomic mass is 10.2. The van der Waals surface area contributed by atoms with Crippen LogP contribution in [0, 0.1) is 0 Å². The molecule has 0 amide bonds. The highest BCUT2D eigenvalue weighted by molar-refractivity contribution is 5.08. The van der Waals surface area contributed by atoms with Gasteiger partial charge in [-0.2, -0.15) is 0 Å². The minimum absolute atomic E-state index is 1.07. The maximum atomic E-state index is 2.16. The third-order valence-corrected chi connectivity index (χ3v) is 1.37. The zero-order valence-electron chi connectivity index (χ0n) is 7.09. The third-order valence-electron chi connectivity index (χ3n) is 1.37. The molecule has 0 unspecified atom stereocenters. The minimum Gasteiger partial charge on any atom is -0.0884 e. The van der Waals surface area contributed by atoms with Crippen LogP contribution < -0.4 is 0 Å². The smallest absolute Gasteiger partial charge is 0.0139 e. The van der Waals surface area contributed by atoms with E-state index in [2.05, 4.69) is 32.1 Å². The fourth-order valence-corrected chi connectivity index (χ4v) is 0.561. The van der Waals surface area contributed by atoms with Gasteiger partial charge in [0.25, 0.3) is 0 Å². The summed E-state index contributed by atoms with van der Waals surface area (Å²) in [5, 5.41) is 0. The second-order valence-corrected chi connectivity index (χ2v) is 2.29. The average molecular weight is 136 g/mol. The van der Waals surface area contributed by atoms with Crippen LogP contribution in [0.15, 0.2) is 36.0 Å². The summed E-state index contributed by atoms with van der Waals surface area (Å²) in [6, 6.07) is 0. The molecule has 0 aromatic heterocycles. The Kier molecular flexibility index (Phi) is 5.85. The molecule has 0 aromatic carbocycles. The summed E-state index contributed by atoms with van der Waals surface area (Å²) in [6.45, 7) is 6.23. The molecule has 0 aromatic rings. The van der Waals surface area contributed by atoms with Crippen LogP contribution in [-0.2, 0) is 0 Å². The summed E-state index contributed by atoms with van der Waals surface area (Å²) in [7, 11) is 0. The van der Waals surface area contributed by atoms with E-state index in [0.29, 0.717) is 0 Å². The molecule has 0 radical (unpaired) electrons. The van der Waals surface area contributed by atoms with Crippen molar-refractivity contribution in [3.05, 3.63) is 36.0 Å². The third kappa shape index (κ3) is 5.36. The van der Waals surface area contributed by atoms with E-state index in [4.69, 9.17) is 0 Å². The van der Waals surface area contributed by atoms with Gasteiger partial charge in [0, 0.05) is 0 Å². The molecule has 0 saturated carbocycles. The monoisotopic (exact) mass is 136 g/mol. The molecule has 0 aliphatic carbocycles. The number of allylic oxidation sites excluding steroid dienone is 6. The van der Waals surface area contributed by atoms with Crippen molar-refractivity contribution < 1.29 is 0 Å². The van der Waals surface area contributed by atoms with Gasteiger partial charge >= 0.3 is 0 Å². The molecule has 0 rings (SSSR count). The van der Waals surface area contributed by atoms with Gasteiger partial charge in [-0.15, -0.1) is 0 Å². The first kappa shape index (κ1) is 9.22. The van der Waals surface area contributed by atoms with Gasteiger partial charge in [-0.25, -0.2) is 0 Å². The van der Waals surface area contributed by atoms with Gasteiger partial charge in [-0.05, 0) is 27.2 Å². The first-order valence-corrected chi connectivity index (χ1v) is 3.71. The Morgan fingerprint density at radius 2 is 1.90 bits per heavy atom. The van der Waals surface area contributed by atoms with Crippen LogP contribution in [-0.4, -0.2) is 0 Å². The lowest BCUT2D eigenvalue weighted by molar-refractivity contribution is 1.20. The molecule has 0 saturated heterocycles. The van der Waals surface area contributed by atoms with E-state index in [1.165, 1.54) is 5.57 Å². The molecule has 0 atom stereocenters. The summed E-state index contributed by atoms with van der Waals surface area (Å²) in [6.07, 6.45) is 11.5. The summed E-state index contributed by atoms with van der Waals surface area (Å²) < 4.78 is 0. The summed E-state index contributed by atoms with van der Waals surface area (Å²) >= 11 is 0. The maximum absolute atomic E-state index is 2.16. The molecule has 0 nitrogen and oxygen atoms in total. The van der Waals surface area contributed by atoms with Crippen molar-refractivity contribution in [2.45, 2.75) is 27.2 Å². The zero-order chi connectivity index (χ0) is 7.82. The second kappa shape index (κ2) is 6.34. The molecule has 0 heteroatoms. The van der Waals surface area contributed by atoms with Gasteiger partial charge in [-0.1, -0.05) is 36.0 Å². The molecule has 0 fully saturated rings. The van der Waals surface area contributed by atoms with Crippen molar-refractivity contribution in [1.82, 2.24) is 0 Å². The van der Waals surface area contributed by atoms with Gasteiger partial charge < -0.3 is 0 Å². The quantitative estimate of drug-likeness (QED) is 0.411. The fraction of sp³-hybridized carbons (Fsp3) is 0.400. The largest absolute Gasteiger partial charge is 0.0884 e. The van der Waals surface area contributed by atoms with Crippen molar-refractivity contribution >= 4 is 0 Å². The van der Waals surface area contributed by atoms with E-state index < -0.39 is 0 Å². The fourth-order valence-electron chi connectivity index (χ4n) is 0.561. The molecule has 0 bridgehead atoms. The van der Waals surface area contributed by atoms with Crippen molar-refractivity contribution in [3.8, 4) is 0 Å². The van der Waals surface area contributed by atoms with Crippen LogP contribution >= 0.6 is 0 Å². The lowest BCUT2D eigenvalue weighted by Crippen LogP contribution is -1.68. The Bertz CT molecular complexity index is 147. The highest BCUT2D eigenvalue weighted by atomic mass is 13.8. The van der Waals surface area contributed by atoms with Gasteiger partial charge in [0.2, 0.25) is 0 Å². The molecular formula is C10H16. The van der Waals surface area contributed by atoms with Crippen molar-refractivity contribution in [2.75, 3.05) is 0 Å². The van der Waals surface area contributed by atoms with E-state index in [-0.39, 0.29) is 0 Å². The van der Waals surface area contributed by atoms with Crippen LogP contribution in [0.2, 0.25) is 0 Å². The Labute approximate surface area is 64.0 Å². The second-order valence-electron chi connectivity index (χ2n) is 2.29. The SMILES string of the molecule is C/C=C\C=C/C/C(C)=C\C. The molecule has 0 aliphatic heterocycles. The van der Waals surface area contributed by atoms with Gasteiger partial charge in [-0.3, -0.25) is 0 Å². The molecular weight excluding hydrogens is 120 g/mol. The van der Waals surface area contributed by atoms with E-state index in [0.717, 1.165) is 6.42 Å². The lowest BCUT2D eigenvalue weighted by Gasteiger charge is -1.89. The van der Waals surface area contributed by atoms with E-state index in [9.17, 15) is 0 Å². The van der Waals surface area contributed by atoms with E-state index in [1.807, 2.05) is 19.1 Å². The first-order chi connectivity index (χ1) is 4.81. The molecule has 0 N–H and O–H groups in total. The van der Waals surface area contributed by atoms with Gasteiger partial charge in [0.1, 0.15) is 0 Å². The number of hydrogen-bond acceptors (Lipinski definition) is 0. The highest BCUT2D eigenvalue weighted by Gasteiger charge is 1.78. The van der Waals surface area contributed by atoms with Crippen LogP contribution in [0.3, 0.4) is 0 Å². The van der Waals surface area contributed by atoms with Crippen molar-refractivity contribution in [3.63, 3.8) is 0 Å². The van der Waals surface area contributed by atoms with Crippen LogP contribution in [0.5, 0.6) is 0 Å². The summed E-state index contributed by atoms with van der Waals surface area (Å²) in [5.74, 6) is 0. The molecule has 56 valence electrons. The van der Waals surface area contributed by atoms with Crippen LogP contribution in [0.1, 0.15) is 27.2 Å². The normalized spacial score (nSPS) is 13.7. The Morgan fingerprint density at radius 1 is 1.20 bits per heavy atom. The molecule has 0 aliphatic rings. The van der Waals surface area contributed by atoms with Gasteiger partial charge in [0.15, 0.2) is 0 Å². The summed E-state index contributed by atoms with van der Waals surface area (Å²) in [5.41, 5.74) is 1.42. The van der Waals surface area contributed by atoms with Crippen molar-refractivity contribution in [2.24, 2.45) is 0 Å². The average Bonchev–Trinajstić information content (AvgIpc) is 1.98. The maximum Gasteiger partial charge on any atom is -0.0139 e. The van der Waals surface area contributed by atoms with E-state index >= 15 is 0 Å². The number of hydrogen-bond donors (Lipinski definition) is 0. The highest BCUT2D eigenvalue weighted by Crippen LogP contribution is 1.99. The Balaban J connectivity index is 3.53. The van der Waals surface area contributed by atoms with Crippen LogP contribution in [0.25, 0.3) is 0 Å². The number of rotatable bonds is 3. The Morgan fingerprint density at radius 3 is 2.40 bits per heavy atom. The van der Waals surface area contributed by atoms with Crippen molar-refractivity contribution in [1.29, 1.82) is 0 Å². The first-order valence-electron chi connectivity index (χ1n) is 3.71. The predicted octanol–water partition coefficient (Wildman–Crippen LogP) is 3.48. The predicted molar refractivity (Wildman–Crippen MR) is 48.0 cm³/mol. The Hall–Kier alpha value is -0.780. The summed E-state index contributed by atoms with van der Waals surface area (Å²) in [4.78, 5) is 0. The zero-order valence-corrected chi connectivity index (χ0v) is 7.09. The minimum atomic E-state index is 1.07. The molecule has 0 spiro atoms.